The Kier molecular flexibility index (Phi) is 4.03. The van der Waals surface area contributed by atoms with Gasteiger partial charge in [-0.2, -0.15) is 0 Å². The molecule has 0 aliphatic heterocycles. The highest BCUT2D eigenvalue weighted by atomic mass is 16.5. The third kappa shape index (κ3) is 2.91. The Morgan fingerprint density at radius 3 is 2.52 bits per heavy atom. The molecular formula is C16H17NO4. The van der Waals surface area contributed by atoms with Crippen LogP contribution in [-0.2, 0) is 10.3 Å². The molecule has 0 fully saturated rings. The Labute approximate surface area is 122 Å². The van der Waals surface area contributed by atoms with Gasteiger partial charge in [0.05, 0.1) is 12.8 Å². The molecule has 2 aromatic carbocycles. The van der Waals surface area contributed by atoms with Gasteiger partial charge >= 0.3 is 5.97 Å². The van der Waals surface area contributed by atoms with Crippen LogP contribution < -0.4 is 10.1 Å². The fraction of sp³-hybridized carbons (Fsp3) is 0.188. The Hall–Kier alpha value is -2.69. The zero-order valence-electron chi connectivity index (χ0n) is 11.8. The van der Waals surface area contributed by atoms with Gasteiger partial charge in [-0.1, -0.05) is 24.3 Å². The highest BCUT2D eigenvalue weighted by molar-refractivity contribution is 5.85. The summed E-state index contributed by atoms with van der Waals surface area (Å²) in [5.74, 6) is -0.495. The van der Waals surface area contributed by atoms with E-state index in [2.05, 4.69) is 5.32 Å². The van der Waals surface area contributed by atoms with E-state index in [9.17, 15) is 15.0 Å². The summed E-state index contributed by atoms with van der Waals surface area (Å²) in [4.78, 5) is 11.8. The zero-order chi connectivity index (χ0) is 15.5. The maximum atomic E-state index is 11.8. The average molecular weight is 287 g/mol. The smallest absolute Gasteiger partial charge is 0.333 e. The molecule has 0 radical (unpaired) electrons. The second kappa shape index (κ2) is 5.75. The van der Waals surface area contributed by atoms with E-state index in [1.165, 1.54) is 26.2 Å². The first-order valence-corrected chi connectivity index (χ1v) is 6.41. The van der Waals surface area contributed by atoms with Crippen molar-refractivity contribution in [1.29, 1.82) is 0 Å². The second-order valence-electron chi connectivity index (χ2n) is 4.81. The minimum absolute atomic E-state index is 0.0156. The molecule has 5 heteroatoms. The molecule has 21 heavy (non-hydrogen) atoms. The number of para-hydroxylation sites is 2. The fourth-order valence-electron chi connectivity index (χ4n) is 2.08. The summed E-state index contributed by atoms with van der Waals surface area (Å²) in [6.07, 6.45) is 0. The van der Waals surface area contributed by atoms with Gasteiger partial charge in [-0.25, -0.2) is 4.79 Å². The maximum Gasteiger partial charge on any atom is 0.333 e. The van der Waals surface area contributed by atoms with Gasteiger partial charge in [0.2, 0.25) is 0 Å². The largest absolute Gasteiger partial charge is 0.508 e. The first-order chi connectivity index (χ1) is 9.97. The number of hydrogen-bond acceptors (Lipinski definition) is 4. The SMILES string of the molecule is COc1ccccc1NC(C)(C(=O)O)c1cccc(O)c1. The number of hydrogen-bond donors (Lipinski definition) is 3. The molecule has 0 saturated carbocycles. The summed E-state index contributed by atoms with van der Waals surface area (Å²) in [6.45, 7) is 1.54. The first kappa shape index (κ1) is 14.7. The fourth-order valence-corrected chi connectivity index (χ4v) is 2.08. The molecule has 0 bridgehead atoms. The van der Waals surface area contributed by atoms with Crippen molar-refractivity contribution < 1.29 is 19.7 Å². The van der Waals surface area contributed by atoms with Crippen LogP contribution in [0.3, 0.4) is 0 Å². The van der Waals surface area contributed by atoms with Gasteiger partial charge in [0.15, 0.2) is 5.54 Å². The van der Waals surface area contributed by atoms with Crippen LogP contribution in [0.5, 0.6) is 11.5 Å². The molecule has 1 unspecified atom stereocenters. The van der Waals surface area contributed by atoms with Crippen molar-refractivity contribution in [3.05, 3.63) is 54.1 Å². The summed E-state index contributed by atoms with van der Waals surface area (Å²) >= 11 is 0. The van der Waals surface area contributed by atoms with Crippen molar-refractivity contribution in [1.82, 2.24) is 0 Å². The van der Waals surface area contributed by atoms with Crippen LogP contribution in [0.4, 0.5) is 5.69 Å². The Balaban J connectivity index is 2.46. The number of carboxylic acids is 1. The molecule has 5 nitrogen and oxygen atoms in total. The van der Waals surface area contributed by atoms with E-state index < -0.39 is 11.5 Å². The summed E-state index contributed by atoms with van der Waals surface area (Å²) in [6, 6.07) is 13.2. The molecule has 0 aliphatic rings. The van der Waals surface area contributed by atoms with E-state index in [-0.39, 0.29) is 5.75 Å². The Morgan fingerprint density at radius 1 is 1.19 bits per heavy atom. The molecule has 110 valence electrons. The van der Waals surface area contributed by atoms with Crippen LogP contribution in [0, 0.1) is 0 Å². The number of methoxy groups -OCH3 is 1. The lowest BCUT2D eigenvalue weighted by molar-refractivity contribution is -0.142. The van der Waals surface area contributed by atoms with Gasteiger partial charge in [0.25, 0.3) is 0 Å². The Morgan fingerprint density at radius 2 is 1.90 bits per heavy atom. The van der Waals surface area contributed by atoms with Gasteiger partial charge in [-0.3, -0.25) is 0 Å². The molecule has 2 rings (SSSR count). The zero-order valence-corrected chi connectivity index (χ0v) is 11.8. The molecule has 0 amide bonds. The highest BCUT2D eigenvalue weighted by Gasteiger charge is 2.36. The lowest BCUT2D eigenvalue weighted by atomic mass is 9.91. The molecule has 2 aromatic rings. The van der Waals surface area contributed by atoms with Crippen molar-refractivity contribution in [2.45, 2.75) is 12.5 Å². The number of benzene rings is 2. The van der Waals surface area contributed by atoms with Gasteiger partial charge in [-0.15, -0.1) is 0 Å². The summed E-state index contributed by atoms with van der Waals surface area (Å²) in [7, 11) is 1.52. The van der Waals surface area contributed by atoms with Crippen LogP contribution in [0.1, 0.15) is 12.5 Å². The van der Waals surface area contributed by atoms with Gasteiger partial charge < -0.3 is 20.3 Å². The number of carboxylic acid groups (broad SMARTS) is 1. The normalized spacial score (nSPS) is 13.2. The third-order valence-electron chi connectivity index (χ3n) is 3.34. The van der Waals surface area contributed by atoms with Crippen molar-refractivity contribution in [2.24, 2.45) is 0 Å². The van der Waals surface area contributed by atoms with Crippen LogP contribution in [0.2, 0.25) is 0 Å². The molecule has 0 aliphatic carbocycles. The van der Waals surface area contributed by atoms with Gasteiger partial charge in [0.1, 0.15) is 11.5 Å². The van der Waals surface area contributed by atoms with E-state index in [4.69, 9.17) is 4.74 Å². The molecule has 0 aromatic heterocycles. The van der Waals surface area contributed by atoms with E-state index in [1.807, 2.05) is 0 Å². The lowest BCUT2D eigenvalue weighted by Gasteiger charge is -2.28. The minimum atomic E-state index is -1.40. The number of anilines is 1. The summed E-state index contributed by atoms with van der Waals surface area (Å²) in [5, 5.41) is 22.2. The predicted molar refractivity (Wildman–Crippen MR) is 79.7 cm³/mol. The summed E-state index contributed by atoms with van der Waals surface area (Å²) in [5.41, 5.74) is -0.387. The van der Waals surface area contributed by atoms with Crippen LogP contribution >= 0.6 is 0 Å². The van der Waals surface area contributed by atoms with Crippen LogP contribution in [0.15, 0.2) is 48.5 Å². The highest BCUT2D eigenvalue weighted by Crippen LogP contribution is 2.32. The number of rotatable bonds is 5. The third-order valence-corrected chi connectivity index (χ3v) is 3.34. The minimum Gasteiger partial charge on any atom is -0.508 e. The van der Waals surface area contributed by atoms with E-state index in [1.54, 1.807) is 36.4 Å². The number of carbonyl (C=O) groups is 1. The van der Waals surface area contributed by atoms with Crippen molar-refractivity contribution >= 4 is 11.7 Å². The van der Waals surface area contributed by atoms with E-state index >= 15 is 0 Å². The standard InChI is InChI=1S/C16H17NO4/c1-16(15(19)20,11-6-5-7-12(18)10-11)17-13-8-3-4-9-14(13)21-2/h3-10,17-18H,1-2H3,(H,19,20). The van der Waals surface area contributed by atoms with Gasteiger partial charge in [0, 0.05) is 0 Å². The maximum absolute atomic E-state index is 11.8. The number of nitrogens with one attached hydrogen (secondary N) is 1. The molecule has 0 spiro atoms. The number of phenols is 1. The van der Waals surface area contributed by atoms with Gasteiger partial charge in [-0.05, 0) is 36.8 Å². The average Bonchev–Trinajstić information content (AvgIpc) is 2.47. The van der Waals surface area contributed by atoms with E-state index in [0.717, 1.165) is 0 Å². The number of phenolic OH excluding ortho intramolecular Hbond substituents is 1. The monoisotopic (exact) mass is 287 g/mol. The molecular weight excluding hydrogens is 270 g/mol. The molecule has 0 heterocycles. The quantitative estimate of drug-likeness (QED) is 0.788. The van der Waals surface area contributed by atoms with Crippen molar-refractivity contribution in [3.8, 4) is 11.5 Å². The molecule has 3 N–H and O–H groups in total. The van der Waals surface area contributed by atoms with Crippen molar-refractivity contribution in [3.63, 3.8) is 0 Å². The van der Waals surface area contributed by atoms with Crippen LogP contribution in [-0.4, -0.2) is 23.3 Å². The lowest BCUT2D eigenvalue weighted by Crippen LogP contribution is -2.40. The second-order valence-corrected chi connectivity index (χ2v) is 4.81. The topological polar surface area (TPSA) is 78.8 Å². The number of aromatic hydroxyl groups is 1. The van der Waals surface area contributed by atoms with Crippen LogP contribution in [0.25, 0.3) is 0 Å². The van der Waals surface area contributed by atoms with Crippen molar-refractivity contribution in [2.75, 3.05) is 12.4 Å². The first-order valence-electron chi connectivity index (χ1n) is 6.41. The molecule has 0 saturated heterocycles. The number of ether oxygens (including phenoxy) is 1. The van der Waals surface area contributed by atoms with E-state index in [0.29, 0.717) is 17.0 Å². The number of aliphatic carboxylic acids is 1. The molecule has 1 atom stereocenters. The summed E-state index contributed by atoms with van der Waals surface area (Å²) < 4.78 is 5.23. The Bertz CT molecular complexity index is 656. The predicted octanol–water partition coefficient (Wildman–Crippen LogP) is 2.81.